The van der Waals surface area contributed by atoms with E-state index in [4.69, 9.17) is 23.1 Å². The molecule has 0 bridgehead atoms. The van der Waals surface area contributed by atoms with Crippen molar-refractivity contribution >= 4 is 0 Å². The Morgan fingerprint density at radius 3 is 1.58 bits per heavy atom. The summed E-state index contributed by atoms with van der Waals surface area (Å²) in [6.07, 6.45) is 3.32. The van der Waals surface area contributed by atoms with Gasteiger partial charge in [-0.15, -0.1) is 10.2 Å². The highest BCUT2D eigenvalue weighted by atomic mass is 35.7. The van der Waals surface area contributed by atoms with E-state index >= 15 is 0 Å². The lowest BCUT2D eigenvalue weighted by Crippen LogP contribution is -2.68. The van der Waals surface area contributed by atoms with E-state index < -0.39 is 10.2 Å². The summed E-state index contributed by atoms with van der Waals surface area (Å²) < 4.78 is 38.7. The number of hydrogen-bond donors (Lipinski definition) is 0. The van der Waals surface area contributed by atoms with Crippen molar-refractivity contribution in [3.63, 3.8) is 0 Å². The summed E-state index contributed by atoms with van der Waals surface area (Å²) in [5.41, 5.74) is 1.23. The highest BCUT2D eigenvalue weighted by Gasteiger charge is 1.84. The third kappa shape index (κ3) is 12.0. The van der Waals surface area contributed by atoms with Gasteiger partial charge in [-0.2, -0.15) is 0 Å². The van der Waals surface area contributed by atoms with E-state index in [1.165, 1.54) is 5.56 Å². The largest absolute Gasteiger partial charge is 0.318 e. The van der Waals surface area contributed by atoms with Gasteiger partial charge in [0.2, 0.25) is 0 Å². The third-order valence-corrected chi connectivity index (χ3v) is 0.819. The molecule has 0 aliphatic rings. The summed E-state index contributed by atoms with van der Waals surface area (Å²) in [7, 11) is -4.94. The Labute approximate surface area is 71.2 Å². The average molecular weight is 195 g/mol. The minimum atomic E-state index is -4.94. The molecule has 0 saturated carbocycles. The van der Waals surface area contributed by atoms with E-state index in [1.54, 1.807) is 12.5 Å². The molecular formula is C6H7ClO5. The smallest absolute Gasteiger partial charge is 0.224 e. The van der Waals surface area contributed by atoms with Crippen molar-refractivity contribution in [2.45, 2.75) is 6.92 Å². The fourth-order valence-corrected chi connectivity index (χ4v) is 0.394. The van der Waals surface area contributed by atoms with E-state index in [2.05, 4.69) is 0 Å². The van der Waals surface area contributed by atoms with Crippen molar-refractivity contribution in [2.75, 3.05) is 0 Å². The average Bonchev–Trinajstić information content (AvgIpc) is 1.85. The van der Waals surface area contributed by atoms with Crippen molar-refractivity contribution in [1.29, 1.82) is 0 Å². The van der Waals surface area contributed by atoms with Crippen molar-refractivity contribution in [2.24, 2.45) is 0 Å². The molecule has 68 valence electrons. The van der Waals surface area contributed by atoms with Crippen molar-refractivity contribution in [3.8, 4) is 0 Å². The molecule has 5 nitrogen and oxygen atoms in total. The molecule has 0 aromatic carbocycles. The summed E-state index contributed by atoms with van der Waals surface area (Å²) in [5, 5.41) is 0. The lowest BCUT2D eigenvalue weighted by molar-refractivity contribution is -2.00. The van der Waals surface area contributed by atoms with Gasteiger partial charge in [0.15, 0.2) is 0 Å². The lowest BCUT2D eigenvalue weighted by atomic mass is 10.3. The van der Waals surface area contributed by atoms with Gasteiger partial charge >= 0.3 is 12.5 Å². The zero-order valence-corrected chi connectivity index (χ0v) is 6.98. The van der Waals surface area contributed by atoms with Gasteiger partial charge in [0.25, 0.3) is 0 Å². The van der Waals surface area contributed by atoms with Gasteiger partial charge < -0.3 is 0 Å². The second-order valence-corrected chi connectivity index (χ2v) is 2.62. The predicted molar refractivity (Wildman–Crippen MR) is 27.9 cm³/mol. The van der Waals surface area contributed by atoms with E-state index in [0.717, 1.165) is 0 Å². The molecule has 0 amide bonds. The Bertz CT molecular complexity index is 201. The zero-order chi connectivity index (χ0) is 9.61. The van der Waals surface area contributed by atoms with Crippen molar-refractivity contribution in [1.82, 2.24) is 0 Å². The SMILES string of the molecule is Cc1cc[o+]cc1.[O-][Cl+3]([O-])([O-])[O-]. The molecule has 0 N–H and O–H groups in total. The molecule has 0 spiro atoms. The zero-order valence-electron chi connectivity index (χ0n) is 6.23. The van der Waals surface area contributed by atoms with Crippen LogP contribution in [0.2, 0.25) is 0 Å². The molecule has 0 aliphatic carbocycles. The molecule has 0 fully saturated rings. The quantitative estimate of drug-likeness (QED) is 0.413. The van der Waals surface area contributed by atoms with E-state index in [1.807, 2.05) is 19.1 Å². The Balaban J connectivity index is 0.000000217. The van der Waals surface area contributed by atoms with Gasteiger partial charge in [-0.3, -0.25) is 0 Å². The summed E-state index contributed by atoms with van der Waals surface area (Å²) in [6.45, 7) is 2.02. The monoisotopic (exact) mass is 194 g/mol. The highest BCUT2D eigenvalue weighted by Crippen LogP contribution is 1.92. The minimum Gasteiger partial charge on any atom is -0.224 e. The lowest BCUT2D eigenvalue weighted by Gasteiger charge is -2.17. The molecule has 0 aliphatic heterocycles. The second-order valence-electron chi connectivity index (χ2n) is 1.86. The normalized spacial score (nSPS) is 10.1. The predicted octanol–water partition coefficient (Wildman–Crippen LogP) is -2.89. The molecule has 0 atom stereocenters. The maximum Gasteiger partial charge on any atom is 0.318 e. The molecule has 12 heavy (non-hydrogen) atoms. The molecular weight excluding hydrogens is 188 g/mol. The van der Waals surface area contributed by atoms with E-state index in [0.29, 0.717) is 0 Å². The van der Waals surface area contributed by atoms with Crippen LogP contribution >= 0.6 is 0 Å². The Hall–Kier alpha value is -0.720. The Morgan fingerprint density at radius 1 is 1.08 bits per heavy atom. The first-order valence-corrected chi connectivity index (χ1v) is 4.07. The number of halogens is 1. The van der Waals surface area contributed by atoms with Crippen LogP contribution in [-0.4, -0.2) is 0 Å². The van der Waals surface area contributed by atoms with E-state index in [9.17, 15) is 0 Å². The fraction of sp³-hybridized carbons (Fsp3) is 0.167. The van der Waals surface area contributed by atoms with Crippen molar-refractivity contribution in [3.05, 3.63) is 30.2 Å². The van der Waals surface area contributed by atoms with Crippen LogP contribution in [-0.2, 0) is 0 Å². The standard InChI is InChI=1S/C6H7O.ClHO4/c1-6-2-4-7-5-3-6;2-1(3,4)5/h2-5H,1H3;(H,2,3,4,5)/q+1;/p-1. The van der Waals surface area contributed by atoms with Gasteiger partial charge in [-0.1, -0.05) is 0 Å². The van der Waals surface area contributed by atoms with Crippen LogP contribution in [0.25, 0.3) is 0 Å². The van der Waals surface area contributed by atoms with Gasteiger partial charge in [0, 0.05) is 12.1 Å². The molecule has 6 heteroatoms. The first-order valence-electron chi connectivity index (χ1n) is 2.83. The summed E-state index contributed by atoms with van der Waals surface area (Å²) in [5.74, 6) is 0. The van der Waals surface area contributed by atoms with Gasteiger partial charge in [-0.25, -0.2) is 23.1 Å². The first kappa shape index (κ1) is 11.3. The third-order valence-electron chi connectivity index (χ3n) is 0.819. The Morgan fingerprint density at radius 2 is 1.42 bits per heavy atom. The molecule has 1 aromatic rings. The van der Waals surface area contributed by atoms with Gasteiger partial charge in [-0.05, 0) is 12.5 Å². The minimum absolute atomic E-state index is 1.23. The molecule has 1 heterocycles. The van der Waals surface area contributed by atoms with E-state index in [-0.39, 0.29) is 0 Å². The molecule has 0 saturated heterocycles. The van der Waals surface area contributed by atoms with Crippen LogP contribution in [0.1, 0.15) is 5.56 Å². The van der Waals surface area contributed by atoms with Crippen LogP contribution in [0.15, 0.2) is 29.1 Å². The maximum absolute atomic E-state index is 8.49. The first-order chi connectivity index (χ1) is 5.39. The van der Waals surface area contributed by atoms with Crippen LogP contribution < -0.4 is 18.6 Å². The fourth-order valence-electron chi connectivity index (χ4n) is 0.394. The van der Waals surface area contributed by atoms with Crippen LogP contribution in [0.5, 0.6) is 0 Å². The van der Waals surface area contributed by atoms with Crippen LogP contribution in [0.4, 0.5) is 0 Å². The van der Waals surface area contributed by atoms with Crippen molar-refractivity contribution < 1.29 is 33.3 Å². The molecule has 1 rings (SSSR count). The highest BCUT2D eigenvalue weighted by molar-refractivity contribution is 5.03. The maximum atomic E-state index is 8.49. The molecule has 0 unspecified atom stereocenters. The number of aryl methyl sites for hydroxylation is 1. The second kappa shape index (κ2) is 5.02. The Kier molecular flexibility index (Phi) is 4.72. The molecule has 1 aromatic heterocycles. The summed E-state index contributed by atoms with van der Waals surface area (Å²) >= 11 is 0. The molecule has 0 radical (unpaired) electrons. The number of rotatable bonds is 0. The van der Waals surface area contributed by atoms with Crippen LogP contribution in [0, 0.1) is 17.2 Å². The van der Waals surface area contributed by atoms with Gasteiger partial charge in [0.1, 0.15) is 0 Å². The summed E-state index contributed by atoms with van der Waals surface area (Å²) in [4.78, 5) is 0. The summed E-state index contributed by atoms with van der Waals surface area (Å²) in [6, 6.07) is 3.83. The topological polar surface area (TPSA) is 104 Å². The van der Waals surface area contributed by atoms with Crippen LogP contribution in [0.3, 0.4) is 0 Å². The van der Waals surface area contributed by atoms with Gasteiger partial charge in [0.05, 0.1) is 0 Å². The number of hydrogen-bond acceptors (Lipinski definition) is 4.